The van der Waals surface area contributed by atoms with Gasteiger partial charge >= 0.3 is 6.03 Å². The predicted molar refractivity (Wildman–Crippen MR) is 75.2 cm³/mol. The molecule has 0 aromatic rings. The summed E-state index contributed by atoms with van der Waals surface area (Å²) in [6.07, 6.45) is 3.68. The minimum Gasteiger partial charge on any atom is -0.331 e. The zero-order valence-corrected chi connectivity index (χ0v) is 12.6. The Morgan fingerprint density at radius 1 is 1.44 bits per heavy atom. The Morgan fingerprint density at radius 3 is 2.44 bits per heavy atom. The van der Waals surface area contributed by atoms with Crippen LogP contribution in [0.3, 0.4) is 0 Å². The van der Waals surface area contributed by atoms with Crippen molar-refractivity contribution >= 4 is 16.8 Å². The molecule has 0 saturated carbocycles. The van der Waals surface area contributed by atoms with E-state index in [0.29, 0.717) is 11.8 Å². The SMILES string of the molecule is CC(CS(C)=O)NC1CCN(C(=O)N(C)C)CC1. The minimum absolute atomic E-state index is 0.0937. The summed E-state index contributed by atoms with van der Waals surface area (Å²) in [5, 5.41) is 3.49. The Labute approximate surface area is 112 Å². The van der Waals surface area contributed by atoms with Gasteiger partial charge in [-0.25, -0.2) is 4.79 Å². The average molecular weight is 275 g/mol. The van der Waals surface area contributed by atoms with Crippen molar-refractivity contribution in [2.75, 3.05) is 39.2 Å². The van der Waals surface area contributed by atoms with Crippen molar-refractivity contribution in [1.82, 2.24) is 15.1 Å². The second kappa shape index (κ2) is 7.09. The summed E-state index contributed by atoms with van der Waals surface area (Å²) in [6, 6.07) is 0.808. The van der Waals surface area contributed by atoms with Gasteiger partial charge in [0, 0.05) is 62.1 Å². The van der Waals surface area contributed by atoms with Gasteiger partial charge in [0.15, 0.2) is 0 Å². The molecule has 0 aliphatic carbocycles. The number of carbonyl (C=O) groups is 1. The van der Waals surface area contributed by atoms with Crippen LogP contribution in [0, 0.1) is 0 Å². The monoisotopic (exact) mass is 275 g/mol. The summed E-state index contributed by atoms with van der Waals surface area (Å²) in [5.41, 5.74) is 0. The number of hydrogen-bond donors (Lipinski definition) is 1. The van der Waals surface area contributed by atoms with Gasteiger partial charge in [-0.05, 0) is 19.8 Å². The van der Waals surface area contributed by atoms with Crippen molar-refractivity contribution in [3.8, 4) is 0 Å². The highest BCUT2D eigenvalue weighted by Crippen LogP contribution is 2.12. The molecular weight excluding hydrogens is 250 g/mol. The van der Waals surface area contributed by atoms with Gasteiger partial charge in [0.25, 0.3) is 0 Å². The van der Waals surface area contributed by atoms with Gasteiger partial charge in [-0.15, -0.1) is 0 Å². The van der Waals surface area contributed by atoms with Crippen molar-refractivity contribution in [3.05, 3.63) is 0 Å². The van der Waals surface area contributed by atoms with Crippen molar-refractivity contribution in [1.29, 1.82) is 0 Å². The molecule has 1 fully saturated rings. The summed E-state index contributed by atoms with van der Waals surface area (Å²) >= 11 is 0. The van der Waals surface area contributed by atoms with E-state index in [1.165, 1.54) is 0 Å². The number of rotatable bonds is 4. The number of nitrogens with one attached hydrogen (secondary N) is 1. The molecule has 1 saturated heterocycles. The molecule has 0 radical (unpaired) electrons. The average Bonchev–Trinajstić information content (AvgIpc) is 2.27. The third kappa shape index (κ3) is 4.94. The molecule has 0 aromatic carbocycles. The van der Waals surface area contributed by atoms with Crippen LogP contribution in [-0.2, 0) is 10.8 Å². The van der Waals surface area contributed by atoms with Crippen LogP contribution in [0.25, 0.3) is 0 Å². The van der Waals surface area contributed by atoms with Crippen LogP contribution in [0.4, 0.5) is 4.79 Å². The van der Waals surface area contributed by atoms with E-state index in [9.17, 15) is 9.00 Å². The maximum atomic E-state index is 11.8. The summed E-state index contributed by atoms with van der Waals surface area (Å²) in [4.78, 5) is 15.3. The Morgan fingerprint density at radius 2 is 2.00 bits per heavy atom. The Bertz CT molecular complexity index is 302. The standard InChI is InChI=1S/C12H25N3O2S/c1-10(9-18(4)17)13-11-5-7-15(8-6-11)12(16)14(2)3/h10-11,13H,5-9H2,1-4H3. The molecule has 2 atom stereocenters. The third-order valence-corrected chi connectivity index (χ3v) is 4.12. The summed E-state index contributed by atoms with van der Waals surface area (Å²) < 4.78 is 11.1. The summed E-state index contributed by atoms with van der Waals surface area (Å²) in [7, 11) is 2.81. The molecule has 0 spiro atoms. The fourth-order valence-corrected chi connectivity index (χ4v) is 3.12. The number of carbonyl (C=O) groups excluding carboxylic acids is 1. The molecular formula is C12H25N3O2S. The first-order chi connectivity index (χ1) is 8.40. The molecule has 6 heteroatoms. The maximum Gasteiger partial charge on any atom is 0.319 e. The Balaban J connectivity index is 2.31. The van der Waals surface area contributed by atoms with E-state index in [0.717, 1.165) is 25.9 Å². The molecule has 0 bridgehead atoms. The van der Waals surface area contributed by atoms with Gasteiger partial charge in [-0.1, -0.05) is 0 Å². The van der Waals surface area contributed by atoms with Gasteiger partial charge in [0.2, 0.25) is 0 Å². The van der Waals surface area contributed by atoms with E-state index in [-0.39, 0.29) is 12.1 Å². The van der Waals surface area contributed by atoms with Gasteiger partial charge in [0.1, 0.15) is 0 Å². The fraction of sp³-hybridized carbons (Fsp3) is 0.917. The summed E-state index contributed by atoms with van der Waals surface area (Å²) in [6.45, 7) is 3.67. The van der Waals surface area contributed by atoms with Crippen LogP contribution in [0.1, 0.15) is 19.8 Å². The van der Waals surface area contributed by atoms with Crippen LogP contribution in [0.2, 0.25) is 0 Å². The number of urea groups is 1. The van der Waals surface area contributed by atoms with Crippen molar-refractivity contribution < 1.29 is 9.00 Å². The van der Waals surface area contributed by atoms with Gasteiger partial charge < -0.3 is 15.1 Å². The first-order valence-corrected chi connectivity index (χ1v) is 8.15. The highest BCUT2D eigenvalue weighted by Gasteiger charge is 2.24. The molecule has 1 heterocycles. The highest BCUT2D eigenvalue weighted by molar-refractivity contribution is 7.84. The van der Waals surface area contributed by atoms with E-state index in [2.05, 4.69) is 12.2 Å². The first kappa shape index (κ1) is 15.4. The number of hydrogen-bond acceptors (Lipinski definition) is 3. The van der Waals surface area contributed by atoms with Crippen molar-refractivity contribution in [2.45, 2.75) is 31.8 Å². The lowest BCUT2D eigenvalue weighted by Gasteiger charge is -2.35. The highest BCUT2D eigenvalue weighted by atomic mass is 32.2. The smallest absolute Gasteiger partial charge is 0.319 e. The van der Waals surface area contributed by atoms with Gasteiger partial charge in [-0.2, -0.15) is 0 Å². The molecule has 0 aromatic heterocycles. The number of piperidine rings is 1. The normalized spacial score (nSPS) is 20.6. The van der Waals surface area contributed by atoms with Crippen molar-refractivity contribution in [3.63, 3.8) is 0 Å². The van der Waals surface area contributed by atoms with E-state index in [4.69, 9.17) is 0 Å². The minimum atomic E-state index is -0.754. The van der Waals surface area contributed by atoms with E-state index < -0.39 is 10.8 Å². The quantitative estimate of drug-likeness (QED) is 0.812. The molecule has 18 heavy (non-hydrogen) atoms. The van der Waals surface area contributed by atoms with E-state index in [1.807, 2.05) is 4.90 Å². The second-order valence-corrected chi connectivity index (χ2v) is 6.73. The van der Waals surface area contributed by atoms with Crippen LogP contribution in [0.5, 0.6) is 0 Å². The van der Waals surface area contributed by atoms with E-state index in [1.54, 1.807) is 25.3 Å². The lowest BCUT2D eigenvalue weighted by molar-refractivity contribution is 0.151. The second-order valence-electron chi connectivity index (χ2n) is 5.25. The summed E-state index contributed by atoms with van der Waals surface area (Å²) in [5.74, 6) is 0.691. The molecule has 5 nitrogen and oxygen atoms in total. The predicted octanol–water partition coefficient (Wildman–Crippen LogP) is 0.489. The molecule has 106 valence electrons. The van der Waals surface area contributed by atoms with Crippen molar-refractivity contribution in [2.24, 2.45) is 0 Å². The fourth-order valence-electron chi connectivity index (χ4n) is 2.32. The van der Waals surface area contributed by atoms with Crippen LogP contribution in [0.15, 0.2) is 0 Å². The van der Waals surface area contributed by atoms with Gasteiger partial charge in [-0.3, -0.25) is 4.21 Å². The number of likely N-dealkylation sites (tertiary alicyclic amines) is 1. The topological polar surface area (TPSA) is 52.7 Å². The Hall–Kier alpha value is -0.620. The van der Waals surface area contributed by atoms with Crippen LogP contribution >= 0.6 is 0 Å². The number of nitrogens with zero attached hydrogens (tertiary/aromatic N) is 2. The van der Waals surface area contributed by atoms with E-state index >= 15 is 0 Å². The molecule has 2 unspecified atom stereocenters. The molecule has 2 amide bonds. The maximum absolute atomic E-state index is 11.8. The van der Waals surface area contributed by atoms with Crippen LogP contribution in [-0.4, -0.2) is 71.3 Å². The van der Waals surface area contributed by atoms with Crippen LogP contribution < -0.4 is 5.32 Å². The van der Waals surface area contributed by atoms with Gasteiger partial charge in [0.05, 0.1) is 0 Å². The number of amides is 2. The molecule has 1 N–H and O–H groups in total. The molecule has 1 aliphatic heterocycles. The molecule has 1 aliphatic rings. The lowest BCUT2D eigenvalue weighted by atomic mass is 10.0. The lowest BCUT2D eigenvalue weighted by Crippen LogP contribution is -2.50. The largest absolute Gasteiger partial charge is 0.331 e. The zero-order chi connectivity index (χ0) is 13.7. The Kier molecular flexibility index (Phi) is 6.08. The third-order valence-electron chi connectivity index (χ3n) is 3.15. The zero-order valence-electron chi connectivity index (χ0n) is 11.8. The molecule has 1 rings (SSSR count). The first-order valence-electron chi connectivity index (χ1n) is 6.42.